The van der Waals surface area contributed by atoms with Crippen LogP contribution in [-0.2, 0) is 12.8 Å². The monoisotopic (exact) mass is 516 g/mol. The zero-order chi connectivity index (χ0) is 26.7. The van der Waals surface area contributed by atoms with Gasteiger partial charge in [-0.15, -0.1) is 0 Å². The maximum absolute atomic E-state index is 10.8. The standard InChI is InChI=1S/C30H40N2O2Si2/c1-9-21-15-25(35(3,4)5)17-23(29(21)33)19-31-27-13-11-12-14-28(27)32-20-24-18-26(36(6,7)8)16-22(10-2)30(24)34/h11-20,33-34H,9-10H2,1-8H3. The Hall–Kier alpha value is -2.97. The first-order chi connectivity index (χ1) is 16.8. The molecule has 0 heterocycles. The average molecular weight is 517 g/mol. The van der Waals surface area contributed by atoms with Crippen molar-refractivity contribution in [3.63, 3.8) is 0 Å². The summed E-state index contributed by atoms with van der Waals surface area (Å²) in [5, 5.41) is 24.2. The lowest BCUT2D eigenvalue weighted by Crippen LogP contribution is -2.38. The van der Waals surface area contributed by atoms with Gasteiger partial charge in [-0.3, -0.25) is 9.98 Å². The van der Waals surface area contributed by atoms with E-state index in [1.54, 1.807) is 12.4 Å². The van der Waals surface area contributed by atoms with Gasteiger partial charge in [-0.05, 0) is 36.1 Å². The lowest BCUT2D eigenvalue weighted by atomic mass is 10.1. The molecule has 36 heavy (non-hydrogen) atoms. The van der Waals surface area contributed by atoms with Gasteiger partial charge in [0.05, 0.1) is 27.5 Å². The smallest absolute Gasteiger partial charge is 0.127 e. The summed E-state index contributed by atoms with van der Waals surface area (Å²) in [6, 6.07) is 16.1. The molecule has 3 rings (SSSR count). The molecule has 0 unspecified atom stereocenters. The van der Waals surface area contributed by atoms with E-state index in [1.807, 2.05) is 24.3 Å². The van der Waals surface area contributed by atoms with Gasteiger partial charge in [-0.1, -0.05) is 99.9 Å². The maximum Gasteiger partial charge on any atom is 0.127 e. The summed E-state index contributed by atoms with van der Waals surface area (Å²) in [4.78, 5) is 9.44. The molecule has 0 fully saturated rings. The van der Waals surface area contributed by atoms with E-state index in [9.17, 15) is 10.2 Å². The Morgan fingerprint density at radius 1 is 0.639 bits per heavy atom. The van der Waals surface area contributed by atoms with Crippen molar-refractivity contribution in [3.8, 4) is 11.5 Å². The van der Waals surface area contributed by atoms with E-state index < -0.39 is 16.1 Å². The van der Waals surface area contributed by atoms with Crippen molar-refractivity contribution < 1.29 is 10.2 Å². The molecule has 4 nitrogen and oxygen atoms in total. The summed E-state index contributed by atoms with van der Waals surface area (Å²) in [7, 11) is -3.11. The first-order valence-electron chi connectivity index (χ1n) is 12.7. The van der Waals surface area contributed by atoms with E-state index in [4.69, 9.17) is 9.98 Å². The van der Waals surface area contributed by atoms with Gasteiger partial charge in [0, 0.05) is 23.6 Å². The van der Waals surface area contributed by atoms with Gasteiger partial charge in [0.2, 0.25) is 0 Å². The Balaban J connectivity index is 2.02. The molecule has 0 bridgehead atoms. The molecule has 3 aromatic carbocycles. The highest BCUT2D eigenvalue weighted by Crippen LogP contribution is 2.30. The Morgan fingerprint density at radius 2 is 1.00 bits per heavy atom. The number of hydrogen-bond donors (Lipinski definition) is 2. The first kappa shape index (κ1) is 27.6. The van der Waals surface area contributed by atoms with E-state index in [2.05, 4.69) is 77.4 Å². The van der Waals surface area contributed by atoms with Crippen LogP contribution in [0.2, 0.25) is 39.3 Å². The SMILES string of the molecule is CCc1cc([Si](C)(C)C)cc(C=Nc2ccccc2N=Cc2cc([Si](C)(C)C)cc(CC)c2O)c1O. The molecule has 2 N–H and O–H groups in total. The largest absolute Gasteiger partial charge is 0.507 e. The van der Waals surface area contributed by atoms with Crippen LogP contribution in [0.4, 0.5) is 11.4 Å². The van der Waals surface area contributed by atoms with Crippen LogP contribution in [0.1, 0.15) is 36.1 Å². The van der Waals surface area contributed by atoms with E-state index in [0.29, 0.717) is 22.9 Å². The number of rotatable bonds is 8. The van der Waals surface area contributed by atoms with Gasteiger partial charge in [0.15, 0.2) is 0 Å². The molecule has 0 saturated carbocycles. The van der Waals surface area contributed by atoms with Crippen molar-refractivity contribution in [1.29, 1.82) is 0 Å². The topological polar surface area (TPSA) is 65.2 Å². The minimum absolute atomic E-state index is 0.296. The van der Waals surface area contributed by atoms with Gasteiger partial charge >= 0.3 is 0 Å². The van der Waals surface area contributed by atoms with Gasteiger partial charge in [0.25, 0.3) is 0 Å². The quantitative estimate of drug-likeness (QED) is 0.255. The van der Waals surface area contributed by atoms with Gasteiger partial charge in [-0.2, -0.15) is 0 Å². The molecule has 0 spiro atoms. The van der Waals surface area contributed by atoms with Crippen LogP contribution < -0.4 is 10.4 Å². The van der Waals surface area contributed by atoms with Gasteiger partial charge in [0.1, 0.15) is 11.5 Å². The number of aryl methyl sites for hydroxylation is 2. The third kappa shape index (κ3) is 6.42. The van der Waals surface area contributed by atoms with Crippen LogP contribution in [0.15, 0.2) is 58.5 Å². The van der Waals surface area contributed by atoms with Gasteiger partial charge < -0.3 is 10.2 Å². The minimum Gasteiger partial charge on any atom is -0.507 e. The van der Waals surface area contributed by atoms with Crippen LogP contribution in [0.25, 0.3) is 0 Å². The second-order valence-electron chi connectivity index (χ2n) is 11.4. The number of phenolic OH excluding ortho intramolecular Hbond substituents is 2. The van der Waals surface area contributed by atoms with Crippen LogP contribution >= 0.6 is 0 Å². The summed E-state index contributed by atoms with van der Waals surface area (Å²) < 4.78 is 0. The average Bonchev–Trinajstić information content (AvgIpc) is 2.81. The third-order valence-electron chi connectivity index (χ3n) is 6.50. The zero-order valence-corrected chi connectivity index (χ0v) is 25.0. The molecule has 0 aliphatic rings. The fourth-order valence-electron chi connectivity index (χ4n) is 4.00. The molecule has 0 aliphatic heterocycles. The Bertz CT molecular complexity index is 1200. The highest BCUT2D eigenvalue weighted by Gasteiger charge is 2.21. The molecule has 0 aromatic heterocycles. The Labute approximate surface area is 218 Å². The predicted octanol–water partition coefficient (Wildman–Crippen LogP) is 6.81. The van der Waals surface area contributed by atoms with E-state index in [0.717, 1.165) is 35.1 Å². The Kier molecular flexibility index (Phi) is 8.42. The van der Waals surface area contributed by atoms with Crippen LogP contribution in [0, 0.1) is 0 Å². The molecule has 0 aliphatic carbocycles. The van der Waals surface area contributed by atoms with Crippen molar-refractivity contribution in [3.05, 3.63) is 70.8 Å². The Morgan fingerprint density at radius 3 is 1.31 bits per heavy atom. The zero-order valence-electron chi connectivity index (χ0n) is 23.0. The summed E-state index contributed by atoms with van der Waals surface area (Å²) in [6.45, 7) is 18.0. The fraction of sp³-hybridized carbons (Fsp3) is 0.333. The molecule has 0 atom stereocenters. The van der Waals surface area contributed by atoms with Crippen LogP contribution in [0.5, 0.6) is 11.5 Å². The normalized spacial score (nSPS) is 12.7. The maximum atomic E-state index is 10.8. The van der Waals surface area contributed by atoms with Crippen molar-refractivity contribution in [2.24, 2.45) is 9.98 Å². The number of aliphatic imine (C=N–C) groups is 2. The minimum atomic E-state index is -1.55. The second-order valence-corrected chi connectivity index (χ2v) is 21.5. The molecule has 3 aromatic rings. The summed E-state index contributed by atoms with van der Waals surface area (Å²) in [6.07, 6.45) is 5.02. The third-order valence-corrected chi connectivity index (χ3v) is 10.5. The lowest BCUT2D eigenvalue weighted by molar-refractivity contribution is 0.467. The van der Waals surface area contributed by atoms with Crippen molar-refractivity contribution >= 4 is 50.3 Å². The summed E-state index contributed by atoms with van der Waals surface area (Å²) in [5.41, 5.74) is 4.79. The summed E-state index contributed by atoms with van der Waals surface area (Å²) in [5.74, 6) is 0.592. The number of para-hydroxylation sites is 2. The molecule has 0 saturated heterocycles. The number of aromatic hydroxyl groups is 2. The number of hydrogen-bond acceptors (Lipinski definition) is 4. The predicted molar refractivity (Wildman–Crippen MR) is 162 cm³/mol. The molecular weight excluding hydrogens is 477 g/mol. The summed E-state index contributed by atoms with van der Waals surface area (Å²) >= 11 is 0. The van der Waals surface area contributed by atoms with Crippen LogP contribution in [0.3, 0.4) is 0 Å². The first-order valence-corrected chi connectivity index (χ1v) is 19.7. The molecule has 190 valence electrons. The molecule has 0 radical (unpaired) electrons. The molecule has 0 amide bonds. The molecule has 6 heteroatoms. The van der Waals surface area contributed by atoms with E-state index in [-0.39, 0.29) is 0 Å². The van der Waals surface area contributed by atoms with Crippen LogP contribution in [-0.4, -0.2) is 38.8 Å². The van der Waals surface area contributed by atoms with E-state index >= 15 is 0 Å². The van der Waals surface area contributed by atoms with Crippen molar-refractivity contribution in [2.75, 3.05) is 0 Å². The van der Waals surface area contributed by atoms with E-state index in [1.165, 1.54) is 10.4 Å². The number of phenols is 2. The number of benzene rings is 3. The lowest BCUT2D eigenvalue weighted by Gasteiger charge is -2.19. The highest BCUT2D eigenvalue weighted by molar-refractivity contribution is 6.89. The fourth-order valence-corrected chi connectivity index (χ4v) is 6.39. The number of nitrogens with zero attached hydrogens (tertiary/aromatic N) is 2. The van der Waals surface area contributed by atoms with Gasteiger partial charge in [-0.25, -0.2) is 0 Å². The van der Waals surface area contributed by atoms with Crippen molar-refractivity contribution in [2.45, 2.75) is 66.0 Å². The molecular formula is C30H40N2O2Si2. The second kappa shape index (κ2) is 11.0. The highest BCUT2D eigenvalue weighted by atomic mass is 28.3. The van der Waals surface area contributed by atoms with Crippen molar-refractivity contribution in [1.82, 2.24) is 0 Å².